The molecule has 0 radical (unpaired) electrons. The highest BCUT2D eigenvalue weighted by Gasteiger charge is 2.28. The fraction of sp³-hybridized carbons (Fsp3) is 0.571. The molecule has 2 unspecified atom stereocenters. The molecule has 0 spiro atoms. The molecule has 2 atom stereocenters. The van der Waals surface area contributed by atoms with Crippen LogP contribution in [0.4, 0.5) is 5.69 Å². The van der Waals surface area contributed by atoms with E-state index in [1.807, 2.05) is 0 Å². The molecule has 1 fully saturated rings. The van der Waals surface area contributed by atoms with E-state index in [9.17, 15) is 10.1 Å². The van der Waals surface area contributed by atoms with Crippen molar-refractivity contribution in [3.63, 3.8) is 0 Å². The molecule has 2 N–H and O–H groups in total. The molecule has 0 bridgehead atoms. The minimum atomic E-state index is -0.370. The molecule has 1 saturated heterocycles. The Bertz CT molecular complexity index is 495. The predicted octanol–water partition coefficient (Wildman–Crippen LogP) is 2.81. The lowest BCUT2D eigenvalue weighted by molar-refractivity contribution is -0.385. The molecule has 0 saturated carbocycles. The van der Waals surface area contributed by atoms with Gasteiger partial charge in [0.2, 0.25) is 0 Å². The van der Waals surface area contributed by atoms with Gasteiger partial charge in [0.25, 0.3) is 5.69 Å². The summed E-state index contributed by atoms with van der Waals surface area (Å²) in [7, 11) is 0. The smallest absolute Gasteiger partial charge is 0.275 e. The Morgan fingerprint density at radius 2 is 2.30 bits per heavy atom. The van der Waals surface area contributed by atoms with Gasteiger partial charge in [-0.25, -0.2) is 0 Å². The van der Waals surface area contributed by atoms with Crippen molar-refractivity contribution in [2.45, 2.75) is 32.4 Å². The lowest BCUT2D eigenvalue weighted by Crippen LogP contribution is -2.45. The number of nitro benzene ring substituents is 1. The number of hydrogen-bond donors (Lipinski definition) is 1. The van der Waals surface area contributed by atoms with Gasteiger partial charge in [0, 0.05) is 25.2 Å². The number of rotatable bonds is 4. The van der Waals surface area contributed by atoms with Crippen molar-refractivity contribution in [1.29, 1.82) is 0 Å². The van der Waals surface area contributed by atoms with Crippen LogP contribution in [0, 0.1) is 16.0 Å². The average Bonchev–Trinajstić information content (AvgIpc) is 2.42. The summed E-state index contributed by atoms with van der Waals surface area (Å²) in [5.74, 6) is 0.654. The standard InChI is InChI=1S/C14H20ClN3O2/c1-10-5-6-17(11(7-10)8-16)9-12-13(15)3-2-4-14(12)18(19)20/h2-4,10-11H,5-9,16H2,1H3. The molecule has 0 aromatic heterocycles. The van der Waals surface area contributed by atoms with Crippen LogP contribution in [0.15, 0.2) is 18.2 Å². The molecule has 6 heteroatoms. The lowest BCUT2D eigenvalue weighted by Gasteiger charge is -2.38. The summed E-state index contributed by atoms with van der Waals surface area (Å²) in [5, 5.41) is 11.6. The minimum Gasteiger partial charge on any atom is -0.329 e. The Hall–Kier alpha value is -1.17. The Morgan fingerprint density at radius 1 is 1.55 bits per heavy atom. The first kappa shape index (κ1) is 15.2. The fourth-order valence-electron chi connectivity index (χ4n) is 2.83. The van der Waals surface area contributed by atoms with Crippen molar-refractivity contribution in [1.82, 2.24) is 4.90 Å². The zero-order valence-electron chi connectivity index (χ0n) is 11.6. The molecule has 110 valence electrons. The van der Waals surface area contributed by atoms with E-state index in [0.717, 1.165) is 19.4 Å². The summed E-state index contributed by atoms with van der Waals surface area (Å²) in [6, 6.07) is 5.09. The van der Waals surface area contributed by atoms with E-state index >= 15 is 0 Å². The van der Waals surface area contributed by atoms with E-state index < -0.39 is 0 Å². The predicted molar refractivity (Wildman–Crippen MR) is 79.8 cm³/mol. The van der Waals surface area contributed by atoms with Crippen molar-refractivity contribution < 1.29 is 4.92 Å². The molecule has 1 aromatic carbocycles. The summed E-state index contributed by atoms with van der Waals surface area (Å²) < 4.78 is 0. The highest BCUT2D eigenvalue weighted by atomic mass is 35.5. The zero-order valence-corrected chi connectivity index (χ0v) is 12.3. The van der Waals surface area contributed by atoms with E-state index in [1.165, 1.54) is 6.07 Å². The van der Waals surface area contributed by atoms with Crippen molar-refractivity contribution in [2.24, 2.45) is 11.7 Å². The quantitative estimate of drug-likeness (QED) is 0.685. The highest BCUT2D eigenvalue weighted by Crippen LogP contribution is 2.30. The molecule has 1 aliphatic rings. The molecule has 1 aliphatic heterocycles. The van der Waals surface area contributed by atoms with Gasteiger partial charge in [-0.2, -0.15) is 0 Å². The second kappa shape index (κ2) is 6.52. The first-order chi connectivity index (χ1) is 9.52. The van der Waals surface area contributed by atoms with E-state index in [1.54, 1.807) is 12.1 Å². The summed E-state index contributed by atoms with van der Waals surface area (Å²) >= 11 is 6.15. The van der Waals surface area contributed by atoms with Crippen LogP contribution in [0.5, 0.6) is 0 Å². The molecule has 1 aromatic rings. The Balaban J connectivity index is 2.23. The van der Waals surface area contributed by atoms with Crippen LogP contribution >= 0.6 is 11.6 Å². The largest absolute Gasteiger partial charge is 0.329 e. The second-order valence-corrected chi connectivity index (χ2v) is 5.89. The van der Waals surface area contributed by atoms with Crippen LogP contribution < -0.4 is 5.73 Å². The van der Waals surface area contributed by atoms with E-state index in [4.69, 9.17) is 17.3 Å². The third-order valence-corrected chi connectivity index (χ3v) is 4.38. The van der Waals surface area contributed by atoms with E-state index in [2.05, 4.69) is 11.8 Å². The van der Waals surface area contributed by atoms with Crippen molar-refractivity contribution >= 4 is 17.3 Å². The number of nitrogens with zero attached hydrogens (tertiary/aromatic N) is 2. The molecule has 0 amide bonds. The van der Waals surface area contributed by atoms with Crippen molar-refractivity contribution in [3.8, 4) is 0 Å². The normalized spacial score (nSPS) is 23.8. The monoisotopic (exact) mass is 297 g/mol. The summed E-state index contributed by atoms with van der Waals surface area (Å²) in [6.07, 6.45) is 2.13. The number of likely N-dealkylation sites (tertiary alicyclic amines) is 1. The third kappa shape index (κ3) is 3.29. The van der Waals surface area contributed by atoms with Gasteiger partial charge in [-0.1, -0.05) is 24.6 Å². The maximum absolute atomic E-state index is 11.1. The highest BCUT2D eigenvalue weighted by molar-refractivity contribution is 6.31. The maximum atomic E-state index is 11.1. The van der Waals surface area contributed by atoms with Crippen LogP contribution in [0.2, 0.25) is 5.02 Å². The van der Waals surface area contributed by atoms with Crippen LogP contribution in [0.3, 0.4) is 0 Å². The average molecular weight is 298 g/mol. The number of halogens is 1. The number of nitro groups is 1. The van der Waals surface area contributed by atoms with Gasteiger partial charge in [0.05, 0.1) is 15.5 Å². The first-order valence-electron chi connectivity index (χ1n) is 6.88. The molecular formula is C14H20ClN3O2. The Kier molecular flexibility index (Phi) is 4.96. The number of hydrogen-bond acceptors (Lipinski definition) is 4. The lowest BCUT2D eigenvalue weighted by atomic mass is 9.92. The summed E-state index contributed by atoms with van der Waals surface area (Å²) in [6.45, 7) is 4.19. The van der Waals surface area contributed by atoms with Gasteiger partial charge in [0.15, 0.2) is 0 Å². The van der Waals surface area contributed by atoms with Gasteiger partial charge < -0.3 is 5.73 Å². The molecule has 5 nitrogen and oxygen atoms in total. The molecule has 20 heavy (non-hydrogen) atoms. The number of piperidine rings is 1. The summed E-state index contributed by atoms with van der Waals surface area (Å²) in [5.41, 5.74) is 6.52. The molecule has 1 heterocycles. The number of nitrogens with two attached hydrogens (primary N) is 1. The van der Waals surface area contributed by atoms with Crippen molar-refractivity contribution in [2.75, 3.05) is 13.1 Å². The molecule has 2 rings (SSSR count). The van der Waals surface area contributed by atoms with Crippen molar-refractivity contribution in [3.05, 3.63) is 38.9 Å². The Labute approximate surface area is 123 Å². The maximum Gasteiger partial charge on any atom is 0.275 e. The Morgan fingerprint density at radius 3 is 2.95 bits per heavy atom. The minimum absolute atomic E-state index is 0.0897. The van der Waals surface area contributed by atoms with Crippen LogP contribution in [-0.4, -0.2) is 29.0 Å². The van der Waals surface area contributed by atoms with Crippen LogP contribution in [-0.2, 0) is 6.54 Å². The fourth-order valence-corrected chi connectivity index (χ4v) is 3.06. The third-order valence-electron chi connectivity index (χ3n) is 4.02. The van der Waals surface area contributed by atoms with E-state index in [-0.39, 0.29) is 16.7 Å². The SMILES string of the molecule is CC1CCN(Cc2c(Cl)cccc2[N+](=O)[O-])C(CN)C1. The van der Waals surface area contributed by atoms with Crippen LogP contribution in [0.1, 0.15) is 25.3 Å². The molecular weight excluding hydrogens is 278 g/mol. The topological polar surface area (TPSA) is 72.4 Å². The molecule has 0 aliphatic carbocycles. The van der Waals surface area contributed by atoms with E-state index in [0.29, 0.717) is 29.6 Å². The summed E-state index contributed by atoms with van der Waals surface area (Å²) in [4.78, 5) is 13.0. The van der Waals surface area contributed by atoms with Gasteiger partial charge in [-0.15, -0.1) is 0 Å². The second-order valence-electron chi connectivity index (χ2n) is 5.48. The zero-order chi connectivity index (χ0) is 14.7. The van der Waals surface area contributed by atoms with Gasteiger partial charge in [-0.05, 0) is 31.4 Å². The first-order valence-corrected chi connectivity index (χ1v) is 7.26. The van der Waals surface area contributed by atoms with Gasteiger partial charge in [0.1, 0.15) is 0 Å². The van der Waals surface area contributed by atoms with Gasteiger partial charge >= 0.3 is 0 Å². The van der Waals surface area contributed by atoms with Crippen LogP contribution in [0.25, 0.3) is 0 Å². The van der Waals surface area contributed by atoms with Gasteiger partial charge in [-0.3, -0.25) is 15.0 Å². The number of benzene rings is 1.